The van der Waals surface area contributed by atoms with Gasteiger partial charge in [-0.3, -0.25) is 4.79 Å². The number of cyclic esters (lactones) is 1. The van der Waals surface area contributed by atoms with Gasteiger partial charge in [-0.05, 0) is 25.2 Å². The van der Waals surface area contributed by atoms with E-state index in [2.05, 4.69) is 19.9 Å². The van der Waals surface area contributed by atoms with Gasteiger partial charge in [-0.25, -0.2) is 0 Å². The van der Waals surface area contributed by atoms with Gasteiger partial charge in [0.15, 0.2) is 0 Å². The molecule has 1 heterocycles. The molecule has 0 aromatic carbocycles. The summed E-state index contributed by atoms with van der Waals surface area (Å²) in [6.45, 7) is 10.9. The Balaban J connectivity index is 0.000000771. The number of carbonyl (C=O) groups is 1. The molecule has 2 nitrogen and oxygen atoms in total. The minimum absolute atomic E-state index is 0.0129. The molecule has 0 aromatic heterocycles. The van der Waals surface area contributed by atoms with Crippen molar-refractivity contribution < 1.29 is 9.53 Å². The van der Waals surface area contributed by atoms with Gasteiger partial charge in [-0.15, -0.1) is 0 Å². The van der Waals surface area contributed by atoms with Crippen LogP contribution in [-0.2, 0) is 9.53 Å². The molecule has 1 saturated carbocycles. The Bertz CT molecular complexity index is 352. The van der Waals surface area contributed by atoms with Gasteiger partial charge in [0.05, 0.1) is 12.0 Å². The summed E-state index contributed by atoms with van der Waals surface area (Å²) in [5.74, 6) is 0.448. The van der Waals surface area contributed by atoms with Gasteiger partial charge < -0.3 is 4.74 Å². The van der Waals surface area contributed by atoms with E-state index < -0.39 is 0 Å². The molecular formula is C16H26O2. The third-order valence-corrected chi connectivity index (χ3v) is 4.33. The quantitative estimate of drug-likeness (QED) is 0.556. The lowest BCUT2D eigenvalue weighted by Crippen LogP contribution is -2.52. The van der Waals surface area contributed by atoms with E-state index >= 15 is 0 Å². The summed E-state index contributed by atoms with van der Waals surface area (Å²) >= 11 is 0. The highest BCUT2D eigenvalue weighted by Gasteiger charge is 2.64. The largest absolute Gasteiger partial charge is 0.465 e. The summed E-state index contributed by atoms with van der Waals surface area (Å²) in [4.78, 5) is 12.0. The molecule has 2 heteroatoms. The van der Waals surface area contributed by atoms with Crippen molar-refractivity contribution in [1.29, 1.82) is 0 Å². The van der Waals surface area contributed by atoms with E-state index in [1.54, 1.807) is 0 Å². The second kappa shape index (κ2) is 5.73. The van der Waals surface area contributed by atoms with E-state index in [4.69, 9.17) is 4.74 Å². The summed E-state index contributed by atoms with van der Waals surface area (Å²) < 4.78 is 5.25. The van der Waals surface area contributed by atoms with Crippen LogP contribution in [0, 0.1) is 16.7 Å². The van der Waals surface area contributed by atoms with Gasteiger partial charge in [0.1, 0.15) is 0 Å². The van der Waals surface area contributed by atoms with Crippen LogP contribution in [0.4, 0.5) is 0 Å². The third kappa shape index (κ3) is 2.13. The van der Waals surface area contributed by atoms with Crippen molar-refractivity contribution in [2.75, 3.05) is 6.61 Å². The van der Waals surface area contributed by atoms with Crippen LogP contribution in [-0.4, -0.2) is 12.6 Å². The molecule has 2 aliphatic rings. The highest BCUT2D eigenvalue weighted by atomic mass is 16.5. The maximum Gasteiger partial charge on any atom is 0.313 e. The Labute approximate surface area is 111 Å². The van der Waals surface area contributed by atoms with E-state index in [-0.39, 0.29) is 16.8 Å². The second-order valence-electron chi connectivity index (χ2n) is 5.41. The minimum Gasteiger partial charge on any atom is -0.465 e. The number of rotatable bonds is 3. The van der Waals surface area contributed by atoms with Crippen molar-refractivity contribution in [2.45, 2.75) is 47.5 Å². The SMILES string of the molecule is C/C=C\C=C/C(C)(C)C12CCC1COC2=O.CC. The highest BCUT2D eigenvalue weighted by molar-refractivity contribution is 5.82. The normalized spacial score (nSPS) is 30.7. The van der Waals surface area contributed by atoms with Crippen LogP contribution in [0.2, 0.25) is 0 Å². The van der Waals surface area contributed by atoms with Gasteiger partial charge in [0.25, 0.3) is 0 Å². The number of esters is 1. The van der Waals surface area contributed by atoms with Gasteiger partial charge in [0.2, 0.25) is 0 Å². The average molecular weight is 250 g/mol. The van der Waals surface area contributed by atoms with Crippen LogP contribution in [0.3, 0.4) is 0 Å². The van der Waals surface area contributed by atoms with Crippen molar-refractivity contribution in [2.24, 2.45) is 16.7 Å². The lowest BCUT2D eigenvalue weighted by atomic mass is 9.49. The lowest BCUT2D eigenvalue weighted by Gasteiger charge is -2.50. The second-order valence-corrected chi connectivity index (χ2v) is 5.41. The Morgan fingerprint density at radius 3 is 2.44 bits per heavy atom. The van der Waals surface area contributed by atoms with Crippen LogP contribution in [0.1, 0.15) is 47.5 Å². The van der Waals surface area contributed by atoms with Crippen molar-refractivity contribution >= 4 is 5.97 Å². The zero-order chi connectivity index (χ0) is 13.8. The van der Waals surface area contributed by atoms with Gasteiger partial charge in [-0.1, -0.05) is 52.0 Å². The first-order valence-electron chi connectivity index (χ1n) is 7.02. The zero-order valence-electron chi connectivity index (χ0n) is 12.3. The molecule has 2 fully saturated rings. The van der Waals surface area contributed by atoms with Gasteiger partial charge in [0, 0.05) is 5.92 Å². The third-order valence-electron chi connectivity index (χ3n) is 4.33. The topological polar surface area (TPSA) is 26.3 Å². The predicted molar refractivity (Wildman–Crippen MR) is 75.2 cm³/mol. The Morgan fingerprint density at radius 2 is 2.00 bits per heavy atom. The van der Waals surface area contributed by atoms with Crippen LogP contribution in [0.5, 0.6) is 0 Å². The van der Waals surface area contributed by atoms with Crippen LogP contribution >= 0.6 is 0 Å². The summed E-state index contributed by atoms with van der Waals surface area (Å²) in [6, 6.07) is 0. The molecule has 102 valence electrons. The Kier molecular flexibility index (Phi) is 4.78. The maximum absolute atomic E-state index is 12.0. The summed E-state index contributed by atoms with van der Waals surface area (Å²) in [5.41, 5.74) is -0.353. The maximum atomic E-state index is 12.0. The number of hydrogen-bond acceptors (Lipinski definition) is 2. The average Bonchev–Trinajstić information content (AvgIpc) is 2.52. The highest BCUT2D eigenvalue weighted by Crippen LogP contribution is 2.62. The molecule has 1 saturated heterocycles. The summed E-state index contributed by atoms with van der Waals surface area (Å²) in [5, 5.41) is 0. The first-order chi connectivity index (χ1) is 8.54. The standard InChI is InChI=1S/C14H20O2.C2H6/c1-4-5-6-8-13(2,3)14-9-7-11(14)10-16-12(14)15;1-2/h4-6,8,11H,7,9-10H2,1-3H3;1-2H3/b5-4-,8-6-;. The van der Waals surface area contributed by atoms with Crippen LogP contribution < -0.4 is 0 Å². The molecule has 1 aliphatic heterocycles. The summed E-state index contributed by atoms with van der Waals surface area (Å²) in [6.07, 6.45) is 10.3. The molecule has 18 heavy (non-hydrogen) atoms. The number of carbonyl (C=O) groups excluding carboxylic acids is 1. The monoisotopic (exact) mass is 250 g/mol. The van der Waals surface area contributed by atoms with Crippen molar-refractivity contribution in [3.8, 4) is 0 Å². The lowest BCUT2D eigenvalue weighted by molar-refractivity contribution is -0.156. The number of fused-ring (bicyclic) bond motifs is 1. The molecule has 0 radical (unpaired) electrons. The number of allylic oxidation sites excluding steroid dienone is 4. The fraction of sp³-hybridized carbons (Fsp3) is 0.688. The van der Waals surface area contributed by atoms with E-state index in [1.165, 1.54) is 0 Å². The molecule has 0 N–H and O–H groups in total. The molecule has 2 atom stereocenters. The zero-order valence-corrected chi connectivity index (χ0v) is 12.3. The van der Waals surface area contributed by atoms with Crippen molar-refractivity contribution in [1.82, 2.24) is 0 Å². The fourth-order valence-electron chi connectivity index (χ4n) is 3.10. The molecule has 0 spiro atoms. The van der Waals surface area contributed by atoms with Crippen molar-refractivity contribution in [3.05, 3.63) is 24.3 Å². The number of hydrogen-bond donors (Lipinski definition) is 0. The Hall–Kier alpha value is -1.05. The van der Waals surface area contributed by atoms with E-state index in [0.29, 0.717) is 12.5 Å². The smallest absolute Gasteiger partial charge is 0.313 e. The van der Waals surface area contributed by atoms with Crippen LogP contribution in [0.25, 0.3) is 0 Å². The molecule has 0 aromatic rings. The molecule has 2 unspecified atom stereocenters. The molecule has 1 aliphatic carbocycles. The number of ether oxygens (including phenoxy) is 1. The Morgan fingerprint density at radius 1 is 1.33 bits per heavy atom. The fourth-order valence-corrected chi connectivity index (χ4v) is 3.10. The molecule has 2 rings (SSSR count). The van der Waals surface area contributed by atoms with Gasteiger partial charge in [-0.2, -0.15) is 0 Å². The summed E-state index contributed by atoms with van der Waals surface area (Å²) in [7, 11) is 0. The van der Waals surface area contributed by atoms with E-state index in [0.717, 1.165) is 12.8 Å². The van der Waals surface area contributed by atoms with E-state index in [9.17, 15) is 4.79 Å². The molecular weight excluding hydrogens is 224 g/mol. The first-order valence-corrected chi connectivity index (χ1v) is 7.02. The van der Waals surface area contributed by atoms with Gasteiger partial charge >= 0.3 is 5.97 Å². The van der Waals surface area contributed by atoms with Crippen molar-refractivity contribution in [3.63, 3.8) is 0 Å². The molecule has 0 bridgehead atoms. The molecule has 0 amide bonds. The minimum atomic E-state index is -0.245. The predicted octanol–water partition coefficient (Wildman–Crippen LogP) is 4.12. The van der Waals surface area contributed by atoms with E-state index in [1.807, 2.05) is 39.0 Å². The first kappa shape index (κ1) is 15.0. The van der Waals surface area contributed by atoms with Crippen LogP contribution in [0.15, 0.2) is 24.3 Å².